The Labute approximate surface area is 126 Å². The lowest BCUT2D eigenvalue weighted by Crippen LogP contribution is -2.59. The van der Waals surface area contributed by atoms with Crippen LogP contribution in [0.3, 0.4) is 0 Å². The van der Waals surface area contributed by atoms with Crippen molar-refractivity contribution >= 4 is 11.3 Å². The highest BCUT2D eigenvalue weighted by Crippen LogP contribution is 2.38. The van der Waals surface area contributed by atoms with E-state index in [0.717, 1.165) is 18.9 Å². The third kappa shape index (κ3) is 2.92. The minimum absolute atomic E-state index is 0.505. The summed E-state index contributed by atoms with van der Waals surface area (Å²) in [5, 5.41) is 7.22. The van der Waals surface area contributed by atoms with Crippen LogP contribution < -0.4 is 5.32 Å². The zero-order chi connectivity index (χ0) is 14.1. The van der Waals surface area contributed by atoms with Crippen LogP contribution in [-0.2, 0) is 0 Å². The van der Waals surface area contributed by atoms with Crippen molar-refractivity contribution in [3.05, 3.63) is 16.6 Å². The molecular weight excluding hydrogens is 266 g/mol. The number of nitrogens with one attached hydrogen (secondary N) is 1. The van der Waals surface area contributed by atoms with Crippen molar-refractivity contribution in [3.8, 4) is 0 Å². The Balaban J connectivity index is 1.80. The maximum atomic E-state index is 4.60. The number of hydrogen-bond donors (Lipinski definition) is 1. The monoisotopic (exact) mass is 293 g/mol. The van der Waals surface area contributed by atoms with Gasteiger partial charge in [-0.2, -0.15) is 0 Å². The van der Waals surface area contributed by atoms with Crippen molar-refractivity contribution in [2.45, 2.75) is 58.2 Å². The minimum atomic E-state index is 0.505. The van der Waals surface area contributed by atoms with Crippen molar-refractivity contribution in [2.75, 3.05) is 13.1 Å². The van der Waals surface area contributed by atoms with Crippen LogP contribution in [0.25, 0.3) is 0 Å². The molecule has 3 nitrogen and oxygen atoms in total. The molecule has 1 aromatic rings. The molecule has 0 amide bonds. The molecule has 0 radical (unpaired) electrons. The van der Waals surface area contributed by atoms with Gasteiger partial charge in [-0.15, -0.1) is 11.3 Å². The molecule has 1 N–H and O–H groups in total. The third-order valence-corrected chi connectivity index (χ3v) is 5.78. The van der Waals surface area contributed by atoms with E-state index >= 15 is 0 Å². The van der Waals surface area contributed by atoms with Crippen LogP contribution in [0.1, 0.15) is 51.1 Å². The highest BCUT2D eigenvalue weighted by Gasteiger charge is 2.40. The first-order valence-electron chi connectivity index (χ1n) is 8.09. The number of thiazole rings is 1. The summed E-state index contributed by atoms with van der Waals surface area (Å²) in [5.74, 6) is 1.62. The average Bonchev–Trinajstić information content (AvgIpc) is 3.16. The molecular formula is C16H27N3S. The molecule has 1 aliphatic heterocycles. The maximum Gasteiger partial charge on any atom is 0.110 e. The molecule has 4 heteroatoms. The van der Waals surface area contributed by atoms with E-state index < -0.39 is 0 Å². The van der Waals surface area contributed by atoms with Gasteiger partial charge in [-0.3, -0.25) is 4.90 Å². The van der Waals surface area contributed by atoms with Gasteiger partial charge in [0.15, 0.2) is 0 Å². The Morgan fingerprint density at radius 3 is 2.80 bits per heavy atom. The molecule has 1 saturated carbocycles. The first-order valence-corrected chi connectivity index (χ1v) is 8.97. The van der Waals surface area contributed by atoms with Crippen LogP contribution in [0.15, 0.2) is 11.6 Å². The number of nitrogens with zero attached hydrogens (tertiary/aromatic N) is 2. The Bertz CT molecular complexity index is 413. The van der Waals surface area contributed by atoms with E-state index in [9.17, 15) is 0 Å². The summed E-state index contributed by atoms with van der Waals surface area (Å²) >= 11 is 1.82. The average molecular weight is 293 g/mol. The van der Waals surface area contributed by atoms with Gasteiger partial charge in [-0.1, -0.05) is 20.8 Å². The number of rotatable bonds is 5. The van der Waals surface area contributed by atoms with Crippen LogP contribution >= 0.6 is 11.3 Å². The van der Waals surface area contributed by atoms with Gasteiger partial charge < -0.3 is 5.32 Å². The second kappa shape index (κ2) is 6.12. The van der Waals surface area contributed by atoms with Crippen LogP contribution in [0, 0.1) is 11.8 Å². The van der Waals surface area contributed by atoms with E-state index in [2.05, 4.69) is 41.4 Å². The molecule has 0 aromatic carbocycles. The fraction of sp³-hybridized carbons (Fsp3) is 0.812. The molecule has 3 rings (SSSR count). The molecule has 1 aliphatic carbocycles. The third-order valence-electron chi connectivity index (χ3n) is 4.91. The number of hydrogen-bond acceptors (Lipinski definition) is 4. The molecule has 3 unspecified atom stereocenters. The van der Waals surface area contributed by atoms with Crippen LogP contribution in [0.2, 0.25) is 0 Å². The largest absolute Gasteiger partial charge is 0.311 e. The lowest BCUT2D eigenvalue weighted by Gasteiger charge is -2.46. The summed E-state index contributed by atoms with van der Waals surface area (Å²) in [5.41, 5.74) is 0. The maximum absolute atomic E-state index is 4.60. The Kier molecular flexibility index (Phi) is 4.43. The normalized spacial score (nSPS) is 29.8. The van der Waals surface area contributed by atoms with E-state index in [0.29, 0.717) is 24.0 Å². The smallest absolute Gasteiger partial charge is 0.110 e. The standard InChI is InChI=1S/C16H27N3S/c1-4-14(16-17-7-8-20-16)19-10-13(12-5-6-12)18-9-15(19)11(2)3/h7-8,11-15,18H,4-6,9-10H2,1-3H3. The van der Waals surface area contributed by atoms with Crippen LogP contribution in [0.5, 0.6) is 0 Å². The van der Waals surface area contributed by atoms with Gasteiger partial charge in [0.25, 0.3) is 0 Å². The second-order valence-electron chi connectivity index (χ2n) is 6.65. The number of aromatic nitrogens is 1. The summed E-state index contributed by atoms with van der Waals surface area (Å²) in [6, 6.07) is 1.85. The SMILES string of the molecule is CCC(c1nccs1)N1CC(C2CC2)NCC1C(C)C. The first kappa shape index (κ1) is 14.5. The summed E-state index contributed by atoms with van der Waals surface area (Å²) in [4.78, 5) is 7.35. The lowest BCUT2D eigenvalue weighted by atomic mass is 9.94. The highest BCUT2D eigenvalue weighted by molar-refractivity contribution is 7.09. The van der Waals surface area contributed by atoms with E-state index in [1.807, 2.05) is 17.5 Å². The van der Waals surface area contributed by atoms with E-state index in [1.165, 1.54) is 24.4 Å². The highest BCUT2D eigenvalue weighted by atomic mass is 32.1. The Hall–Kier alpha value is -0.450. The molecule has 2 aliphatic rings. The molecule has 1 aromatic heterocycles. The Morgan fingerprint density at radius 2 is 2.25 bits per heavy atom. The molecule has 1 saturated heterocycles. The molecule has 20 heavy (non-hydrogen) atoms. The van der Waals surface area contributed by atoms with Crippen molar-refractivity contribution in [1.82, 2.24) is 15.2 Å². The van der Waals surface area contributed by atoms with Gasteiger partial charge in [-0.25, -0.2) is 4.98 Å². The van der Waals surface area contributed by atoms with Crippen LogP contribution in [0.4, 0.5) is 0 Å². The summed E-state index contributed by atoms with van der Waals surface area (Å²) in [6.07, 6.45) is 5.96. The lowest BCUT2D eigenvalue weighted by molar-refractivity contribution is 0.0481. The van der Waals surface area contributed by atoms with Crippen LogP contribution in [-0.4, -0.2) is 35.1 Å². The first-order chi connectivity index (χ1) is 9.70. The van der Waals surface area contributed by atoms with Crippen molar-refractivity contribution in [1.29, 1.82) is 0 Å². The molecule has 0 bridgehead atoms. The topological polar surface area (TPSA) is 28.2 Å². The molecule has 2 heterocycles. The van der Waals surface area contributed by atoms with Crippen molar-refractivity contribution in [2.24, 2.45) is 11.8 Å². The molecule has 3 atom stereocenters. The minimum Gasteiger partial charge on any atom is -0.311 e. The quantitative estimate of drug-likeness (QED) is 0.903. The predicted molar refractivity (Wildman–Crippen MR) is 85.0 cm³/mol. The summed E-state index contributed by atoms with van der Waals surface area (Å²) in [7, 11) is 0. The van der Waals surface area contributed by atoms with Gasteiger partial charge in [0.2, 0.25) is 0 Å². The van der Waals surface area contributed by atoms with Crippen molar-refractivity contribution < 1.29 is 0 Å². The molecule has 0 spiro atoms. The zero-order valence-electron chi connectivity index (χ0n) is 12.9. The zero-order valence-corrected chi connectivity index (χ0v) is 13.7. The fourth-order valence-electron chi connectivity index (χ4n) is 3.56. The fourth-order valence-corrected chi connectivity index (χ4v) is 4.40. The van der Waals surface area contributed by atoms with Gasteiger partial charge in [0.05, 0.1) is 6.04 Å². The van der Waals surface area contributed by atoms with Gasteiger partial charge in [0, 0.05) is 36.8 Å². The second-order valence-corrected chi connectivity index (χ2v) is 7.58. The summed E-state index contributed by atoms with van der Waals surface area (Å²) < 4.78 is 0. The predicted octanol–water partition coefficient (Wildman–Crippen LogP) is 3.30. The van der Waals surface area contributed by atoms with Gasteiger partial charge in [-0.05, 0) is 31.1 Å². The number of piperazine rings is 1. The summed E-state index contributed by atoms with van der Waals surface area (Å²) in [6.45, 7) is 9.35. The van der Waals surface area contributed by atoms with E-state index in [1.54, 1.807) is 0 Å². The van der Waals surface area contributed by atoms with Crippen molar-refractivity contribution in [3.63, 3.8) is 0 Å². The Morgan fingerprint density at radius 1 is 1.45 bits per heavy atom. The van der Waals surface area contributed by atoms with Gasteiger partial charge in [0.1, 0.15) is 5.01 Å². The molecule has 112 valence electrons. The van der Waals surface area contributed by atoms with E-state index in [4.69, 9.17) is 0 Å². The van der Waals surface area contributed by atoms with Gasteiger partial charge >= 0.3 is 0 Å². The van der Waals surface area contributed by atoms with E-state index in [-0.39, 0.29) is 0 Å². The molecule has 2 fully saturated rings.